The Morgan fingerprint density at radius 1 is 0.438 bits per heavy atom. The van der Waals surface area contributed by atoms with Crippen LogP contribution in [0.5, 0.6) is 23.0 Å². The molecule has 4 N–H and O–H groups in total. The molecule has 4 unspecified atom stereocenters. The molecule has 80 heavy (non-hydrogen) atoms. The lowest BCUT2D eigenvalue weighted by atomic mass is 9.67. The van der Waals surface area contributed by atoms with Crippen molar-refractivity contribution in [2.45, 2.75) is 77.3 Å². The van der Waals surface area contributed by atoms with Gasteiger partial charge in [0.2, 0.25) is 0 Å². The van der Waals surface area contributed by atoms with E-state index in [1.54, 1.807) is 12.1 Å². The first-order valence-electron chi connectivity index (χ1n) is 26.0. The average Bonchev–Trinajstić information content (AvgIpc) is 3.44. The first-order valence-corrected chi connectivity index (χ1v) is 26.0. The molecule has 0 amide bonds. The molecule has 0 heterocycles. The maximum absolute atomic E-state index is 12.2. The third kappa shape index (κ3) is 16.4. The average molecular weight is 1100 g/mol. The lowest BCUT2D eigenvalue weighted by Crippen LogP contribution is -2.29. The van der Waals surface area contributed by atoms with E-state index in [1.807, 2.05) is 110 Å². The van der Waals surface area contributed by atoms with Crippen LogP contribution in [-0.4, -0.2) is 122 Å². The third-order valence-corrected chi connectivity index (χ3v) is 12.8. The zero-order valence-electron chi connectivity index (χ0n) is 45.9. The molecule has 6 aromatic rings. The highest BCUT2D eigenvalue weighted by Gasteiger charge is 2.40. The second-order valence-electron chi connectivity index (χ2n) is 19.7. The van der Waals surface area contributed by atoms with Crippen molar-refractivity contribution >= 4 is 45.4 Å². The fraction of sp³-hybridized carbons (Fsp3) is 0.312. The Labute approximate surface area is 466 Å². The van der Waals surface area contributed by atoms with Crippen molar-refractivity contribution in [1.29, 1.82) is 0 Å². The molecule has 0 aromatic heterocycles. The second kappa shape index (κ2) is 28.6. The molecule has 6 rings (SSSR count). The fourth-order valence-corrected chi connectivity index (χ4v) is 8.49. The normalized spacial score (nSPS) is 13.4. The highest BCUT2D eigenvalue weighted by atomic mass is 16.6. The van der Waals surface area contributed by atoms with E-state index in [0.717, 1.165) is 27.5 Å². The van der Waals surface area contributed by atoms with Crippen LogP contribution in [0.25, 0.3) is 32.7 Å². The Morgan fingerprint density at radius 3 is 1.16 bits per heavy atom. The van der Waals surface area contributed by atoms with E-state index < -0.39 is 53.7 Å². The largest absolute Gasteiger partial charge is 0.493 e. The molecule has 0 fully saturated rings. The summed E-state index contributed by atoms with van der Waals surface area (Å²) in [6, 6.07) is 36.2. The van der Waals surface area contributed by atoms with Gasteiger partial charge >= 0.3 is 23.9 Å². The summed E-state index contributed by atoms with van der Waals surface area (Å²) in [7, 11) is 0. The molecular weight excluding hydrogens is 1020 g/mol. The molecule has 422 valence electrons. The number of esters is 4. The van der Waals surface area contributed by atoms with Crippen LogP contribution >= 0.6 is 0 Å². The van der Waals surface area contributed by atoms with Gasteiger partial charge in [0.15, 0.2) is 0 Å². The van der Waals surface area contributed by atoms with Crippen molar-refractivity contribution in [2.75, 3.05) is 52.9 Å². The van der Waals surface area contributed by atoms with Gasteiger partial charge in [-0.25, -0.2) is 19.2 Å². The topological polar surface area (TPSA) is 223 Å². The van der Waals surface area contributed by atoms with Crippen LogP contribution in [0.4, 0.5) is 0 Å². The van der Waals surface area contributed by atoms with Gasteiger partial charge in [0, 0.05) is 46.3 Å². The molecule has 4 atom stereocenters. The van der Waals surface area contributed by atoms with Crippen LogP contribution < -0.4 is 18.9 Å². The van der Waals surface area contributed by atoms with Gasteiger partial charge in [-0.3, -0.25) is 0 Å². The Bertz CT molecular complexity index is 3030. The van der Waals surface area contributed by atoms with Crippen LogP contribution in [0.2, 0.25) is 0 Å². The number of carbonyl (C=O) groups is 4. The van der Waals surface area contributed by atoms with Gasteiger partial charge < -0.3 is 58.3 Å². The first kappa shape index (κ1) is 60.9. The number of aliphatic hydroxyl groups is 4. The maximum atomic E-state index is 12.2. The van der Waals surface area contributed by atoms with Gasteiger partial charge in [-0.05, 0) is 109 Å². The van der Waals surface area contributed by atoms with Crippen LogP contribution in [0, 0.1) is 0 Å². The number of hydrogen-bond acceptors (Lipinski definition) is 16. The van der Waals surface area contributed by atoms with Crippen molar-refractivity contribution in [1.82, 2.24) is 0 Å². The summed E-state index contributed by atoms with van der Waals surface area (Å²) >= 11 is 0. The molecule has 0 bridgehead atoms. The molecule has 0 radical (unpaired) electrons. The Kier molecular flexibility index (Phi) is 21.8. The van der Waals surface area contributed by atoms with Crippen LogP contribution in [-0.2, 0) is 43.5 Å². The molecule has 0 aliphatic carbocycles. The molecule has 0 aliphatic heterocycles. The third-order valence-electron chi connectivity index (χ3n) is 12.8. The van der Waals surface area contributed by atoms with Crippen molar-refractivity contribution < 1.29 is 77.5 Å². The number of hydrogen-bond donors (Lipinski definition) is 4. The standard InChI is InChI=1S/C64H70O16/c1-39(2)60(69)77-33-48(65)27-29-73-56-25-19-45-17-23-52(75-35-50(67)37-79-62(71)41(5)6)31-54(45)58(56)64(9,47-21-15-44(16-22-47)43-13-11-10-12-14-43)59-55-32-53(76-36-51(68)38-80-63(72)42(7)8)24-18-46(55)20-26-57(59)74-30-28-49(66)34-78-61(70)40(3)4/h10-26,31-32,48-51,65-68H,1,3,5,7,27-30,33-38H2,2,4,6,8-9H3. The SMILES string of the molecule is C=C(C)C(=O)OCC(O)CCOc1ccc2ccc(OCC(O)COC(=O)C(=C)C)cc2c1C(C)(c1ccc(-c2ccccc2)cc1)c1c(OCCC(O)COC(=O)C(=C)C)ccc2ccc(OCC(O)COC(=O)C(=C)C)cc12. The smallest absolute Gasteiger partial charge is 0.333 e. The first-order chi connectivity index (χ1) is 38.2. The van der Waals surface area contributed by atoms with E-state index in [-0.39, 0.29) is 88.0 Å². The van der Waals surface area contributed by atoms with E-state index in [9.17, 15) is 39.6 Å². The number of fused-ring (bicyclic) bond motifs is 2. The molecule has 0 saturated heterocycles. The Balaban J connectivity index is 1.58. The fourth-order valence-electron chi connectivity index (χ4n) is 8.49. The highest BCUT2D eigenvalue weighted by molar-refractivity contribution is 5.96. The Morgan fingerprint density at radius 2 is 0.787 bits per heavy atom. The summed E-state index contributed by atoms with van der Waals surface area (Å²) in [5, 5.41) is 46.6. The van der Waals surface area contributed by atoms with Crippen LogP contribution in [0.3, 0.4) is 0 Å². The maximum Gasteiger partial charge on any atom is 0.333 e. The van der Waals surface area contributed by atoms with Gasteiger partial charge in [0.25, 0.3) is 0 Å². The van der Waals surface area contributed by atoms with Gasteiger partial charge in [-0.15, -0.1) is 0 Å². The van der Waals surface area contributed by atoms with Crippen molar-refractivity contribution in [2.24, 2.45) is 0 Å². The molecule has 16 nitrogen and oxygen atoms in total. The molecular formula is C64H70O16. The minimum absolute atomic E-state index is 0.0476. The molecule has 0 saturated carbocycles. The van der Waals surface area contributed by atoms with E-state index >= 15 is 0 Å². The summed E-state index contributed by atoms with van der Waals surface area (Å²) < 4.78 is 46.8. The van der Waals surface area contributed by atoms with E-state index in [2.05, 4.69) is 26.3 Å². The number of carbonyl (C=O) groups excluding carboxylic acids is 4. The zero-order chi connectivity index (χ0) is 58.1. The van der Waals surface area contributed by atoms with Gasteiger partial charge in [0.1, 0.15) is 74.8 Å². The minimum Gasteiger partial charge on any atom is -0.493 e. The highest BCUT2D eigenvalue weighted by Crippen LogP contribution is 2.52. The second-order valence-corrected chi connectivity index (χ2v) is 19.7. The van der Waals surface area contributed by atoms with Crippen LogP contribution in [0.1, 0.15) is 64.2 Å². The summed E-state index contributed by atoms with van der Waals surface area (Å²) in [6.45, 7) is 20.6. The predicted molar refractivity (Wildman–Crippen MR) is 304 cm³/mol. The van der Waals surface area contributed by atoms with E-state index in [0.29, 0.717) is 44.9 Å². The summed E-state index contributed by atoms with van der Waals surface area (Å²) in [6.07, 6.45) is -4.51. The van der Waals surface area contributed by atoms with Crippen molar-refractivity contribution in [3.05, 3.63) is 181 Å². The monoisotopic (exact) mass is 1090 g/mol. The minimum atomic E-state index is -1.33. The summed E-state index contributed by atoms with van der Waals surface area (Å²) in [5.41, 5.74) is 3.23. The number of ether oxygens (including phenoxy) is 8. The quantitative estimate of drug-likeness (QED) is 0.0143. The lowest BCUT2D eigenvalue weighted by molar-refractivity contribution is -0.143. The summed E-state index contributed by atoms with van der Waals surface area (Å²) in [4.78, 5) is 48.8. The molecule has 0 aliphatic rings. The van der Waals surface area contributed by atoms with Crippen molar-refractivity contribution in [3.63, 3.8) is 0 Å². The van der Waals surface area contributed by atoms with E-state index in [4.69, 9.17) is 37.9 Å². The van der Waals surface area contributed by atoms with Gasteiger partial charge in [-0.2, -0.15) is 0 Å². The van der Waals surface area contributed by atoms with E-state index in [1.165, 1.54) is 27.7 Å². The number of benzene rings is 6. The van der Waals surface area contributed by atoms with Gasteiger partial charge in [-0.1, -0.05) is 105 Å². The zero-order valence-corrected chi connectivity index (χ0v) is 45.9. The van der Waals surface area contributed by atoms with Crippen LogP contribution in [0.15, 0.2) is 164 Å². The van der Waals surface area contributed by atoms with Crippen molar-refractivity contribution in [3.8, 4) is 34.1 Å². The molecule has 0 spiro atoms. The molecule has 16 heteroatoms. The number of rotatable bonds is 30. The molecule has 6 aromatic carbocycles. The van der Waals surface area contributed by atoms with Gasteiger partial charge in [0.05, 0.1) is 30.8 Å². The predicted octanol–water partition coefficient (Wildman–Crippen LogP) is 9.23. The lowest BCUT2D eigenvalue weighted by Gasteiger charge is -2.37. The summed E-state index contributed by atoms with van der Waals surface area (Å²) in [5.74, 6) is -1.15. The number of aliphatic hydroxyl groups excluding tert-OH is 4. The Hall–Kier alpha value is -8.28.